The van der Waals surface area contributed by atoms with E-state index in [1.54, 1.807) is 60.7 Å². The Balaban J connectivity index is 2.30. The Morgan fingerprint density at radius 2 is 1.42 bits per heavy atom. The standard InChI is InChI=1S/C17H14ClN3O3/c18-11-12-20-15(22)17(21(19-24)16(20)23,13-7-3-1-4-8-13)14-9-5-2-6-10-14/h1-10H,11-12H2. The quantitative estimate of drug-likeness (QED) is 0.476. The maximum Gasteiger partial charge on any atom is 0.351 e. The van der Waals surface area contributed by atoms with E-state index in [0.717, 1.165) is 4.90 Å². The molecule has 7 heteroatoms. The topological polar surface area (TPSA) is 70.1 Å². The van der Waals surface area contributed by atoms with Crippen LogP contribution < -0.4 is 0 Å². The Morgan fingerprint density at radius 3 is 1.83 bits per heavy atom. The maximum atomic E-state index is 13.2. The molecule has 0 aliphatic carbocycles. The number of imide groups is 1. The molecule has 1 fully saturated rings. The summed E-state index contributed by atoms with van der Waals surface area (Å²) in [6, 6.07) is 16.6. The molecular formula is C17H14ClN3O3. The lowest BCUT2D eigenvalue weighted by molar-refractivity contribution is -0.131. The highest BCUT2D eigenvalue weighted by Crippen LogP contribution is 2.43. The number of rotatable bonds is 5. The number of halogens is 1. The predicted octanol–water partition coefficient (Wildman–Crippen LogP) is 3.11. The van der Waals surface area contributed by atoms with Crippen molar-refractivity contribution in [1.29, 1.82) is 0 Å². The van der Waals surface area contributed by atoms with Crippen molar-refractivity contribution in [3.63, 3.8) is 0 Å². The Bertz CT molecular complexity index is 728. The minimum absolute atomic E-state index is 0.00661. The van der Waals surface area contributed by atoms with Crippen LogP contribution in [0, 0.1) is 4.91 Å². The van der Waals surface area contributed by atoms with E-state index in [4.69, 9.17) is 11.6 Å². The molecule has 0 radical (unpaired) electrons. The van der Waals surface area contributed by atoms with Crippen LogP contribution in [0.4, 0.5) is 4.79 Å². The normalized spacial score (nSPS) is 16.5. The van der Waals surface area contributed by atoms with Crippen molar-refractivity contribution in [1.82, 2.24) is 9.91 Å². The molecule has 6 nitrogen and oxygen atoms in total. The zero-order valence-electron chi connectivity index (χ0n) is 12.6. The third-order valence-electron chi connectivity index (χ3n) is 4.06. The summed E-state index contributed by atoms with van der Waals surface area (Å²) >= 11 is 5.71. The predicted molar refractivity (Wildman–Crippen MR) is 89.1 cm³/mol. The van der Waals surface area contributed by atoms with E-state index < -0.39 is 17.5 Å². The van der Waals surface area contributed by atoms with E-state index in [0.29, 0.717) is 16.1 Å². The first-order valence-electron chi connectivity index (χ1n) is 7.34. The van der Waals surface area contributed by atoms with E-state index >= 15 is 0 Å². The molecule has 0 atom stereocenters. The van der Waals surface area contributed by atoms with Gasteiger partial charge in [-0.15, -0.1) is 16.5 Å². The third kappa shape index (κ3) is 2.18. The summed E-state index contributed by atoms with van der Waals surface area (Å²) in [5.74, 6) is -0.464. The van der Waals surface area contributed by atoms with Crippen molar-refractivity contribution < 1.29 is 9.59 Å². The van der Waals surface area contributed by atoms with E-state index in [1.165, 1.54) is 0 Å². The summed E-state index contributed by atoms with van der Waals surface area (Å²) < 4.78 is 0. The van der Waals surface area contributed by atoms with Crippen LogP contribution in [-0.2, 0) is 10.3 Å². The molecule has 1 aliphatic heterocycles. The first-order valence-corrected chi connectivity index (χ1v) is 7.87. The van der Waals surface area contributed by atoms with E-state index in [-0.39, 0.29) is 12.4 Å². The van der Waals surface area contributed by atoms with Gasteiger partial charge in [-0.1, -0.05) is 60.7 Å². The van der Waals surface area contributed by atoms with Crippen LogP contribution in [0.5, 0.6) is 0 Å². The lowest BCUT2D eigenvalue weighted by atomic mass is 9.82. The zero-order valence-corrected chi connectivity index (χ0v) is 13.4. The molecule has 3 rings (SSSR count). The molecule has 1 heterocycles. The Morgan fingerprint density at radius 1 is 0.917 bits per heavy atom. The van der Waals surface area contributed by atoms with Crippen molar-refractivity contribution >= 4 is 23.5 Å². The van der Waals surface area contributed by atoms with Crippen molar-refractivity contribution in [2.75, 3.05) is 12.4 Å². The highest BCUT2D eigenvalue weighted by molar-refractivity contribution is 6.18. The number of benzene rings is 2. The van der Waals surface area contributed by atoms with Crippen molar-refractivity contribution in [3.8, 4) is 0 Å². The SMILES string of the molecule is O=NN1C(=O)N(CCCl)C(=O)C1(c1ccccc1)c1ccccc1. The fourth-order valence-electron chi connectivity index (χ4n) is 3.03. The molecule has 0 saturated carbocycles. The summed E-state index contributed by atoms with van der Waals surface area (Å²) in [6.07, 6.45) is 0. The van der Waals surface area contributed by atoms with Crippen molar-refractivity contribution in [2.45, 2.75) is 5.54 Å². The van der Waals surface area contributed by atoms with Gasteiger partial charge in [-0.25, -0.2) is 4.79 Å². The molecule has 1 aliphatic rings. The van der Waals surface area contributed by atoms with Crippen LogP contribution in [0.2, 0.25) is 0 Å². The number of carbonyl (C=O) groups excluding carboxylic acids is 2. The van der Waals surface area contributed by atoms with Crippen molar-refractivity contribution in [3.05, 3.63) is 76.7 Å². The molecular weight excluding hydrogens is 330 g/mol. The molecule has 0 unspecified atom stereocenters. The van der Waals surface area contributed by atoms with Gasteiger partial charge in [0.05, 0.1) is 5.29 Å². The van der Waals surface area contributed by atoms with Gasteiger partial charge in [-0.3, -0.25) is 9.69 Å². The second kappa shape index (κ2) is 6.41. The van der Waals surface area contributed by atoms with E-state index in [9.17, 15) is 14.5 Å². The van der Waals surface area contributed by atoms with Gasteiger partial charge in [0, 0.05) is 12.4 Å². The monoisotopic (exact) mass is 343 g/mol. The van der Waals surface area contributed by atoms with E-state index in [1.807, 2.05) is 0 Å². The first-order chi connectivity index (χ1) is 11.7. The largest absolute Gasteiger partial charge is 0.351 e. The van der Waals surface area contributed by atoms with Crippen LogP contribution in [0.1, 0.15) is 11.1 Å². The van der Waals surface area contributed by atoms with Gasteiger partial charge in [-0.2, -0.15) is 5.01 Å². The summed E-state index contributed by atoms with van der Waals surface area (Å²) in [5, 5.41) is 3.59. The van der Waals surface area contributed by atoms with Gasteiger partial charge >= 0.3 is 6.03 Å². The number of urea groups is 1. The highest BCUT2D eigenvalue weighted by Gasteiger charge is 2.61. The van der Waals surface area contributed by atoms with Gasteiger partial charge in [0.2, 0.25) is 0 Å². The number of nitrogens with zero attached hydrogens (tertiary/aromatic N) is 3. The molecule has 0 bridgehead atoms. The second-order valence-electron chi connectivity index (χ2n) is 5.26. The van der Waals surface area contributed by atoms with Gasteiger partial charge in [0.25, 0.3) is 5.91 Å². The number of hydrogen-bond donors (Lipinski definition) is 0. The van der Waals surface area contributed by atoms with Gasteiger partial charge in [0.1, 0.15) is 0 Å². The zero-order chi connectivity index (χ0) is 17.2. The highest BCUT2D eigenvalue weighted by atomic mass is 35.5. The number of amides is 3. The van der Waals surface area contributed by atoms with Crippen LogP contribution in [0.25, 0.3) is 0 Å². The molecule has 122 valence electrons. The van der Waals surface area contributed by atoms with Gasteiger partial charge in [0.15, 0.2) is 5.54 Å². The number of hydrogen-bond acceptors (Lipinski definition) is 4. The van der Waals surface area contributed by atoms with Crippen LogP contribution >= 0.6 is 11.6 Å². The fourth-order valence-corrected chi connectivity index (χ4v) is 3.19. The lowest BCUT2D eigenvalue weighted by Gasteiger charge is -2.30. The molecule has 3 amide bonds. The van der Waals surface area contributed by atoms with Gasteiger partial charge in [-0.05, 0) is 11.1 Å². The molecule has 0 aromatic heterocycles. The van der Waals surface area contributed by atoms with Crippen molar-refractivity contribution in [2.24, 2.45) is 5.29 Å². The minimum atomic E-state index is -1.62. The molecule has 2 aromatic carbocycles. The fraction of sp³-hybridized carbons (Fsp3) is 0.176. The summed E-state index contributed by atoms with van der Waals surface area (Å²) in [4.78, 5) is 38.3. The molecule has 0 N–H and O–H groups in total. The molecule has 1 saturated heterocycles. The average molecular weight is 344 g/mol. The maximum absolute atomic E-state index is 13.2. The number of nitroso groups, excluding NO2 is 1. The van der Waals surface area contributed by atoms with Crippen LogP contribution in [-0.4, -0.2) is 34.3 Å². The molecule has 0 spiro atoms. The average Bonchev–Trinajstić information content (AvgIpc) is 2.85. The van der Waals surface area contributed by atoms with Gasteiger partial charge < -0.3 is 0 Å². The van der Waals surface area contributed by atoms with E-state index in [2.05, 4.69) is 5.29 Å². The summed E-state index contributed by atoms with van der Waals surface area (Å²) in [6.45, 7) is 0.00661. The summed E-state index contributed by atoms with van der Waals surface area (Å²) in [5.41, 5.74) is -0.634. The van der Waals surface area contributed by atoms with Crippen LogP contribution in [0.3, 0.4) is 0 Å². The lowest BCUT2D eigenvalue weighted by Crippen LogP contribution is -2.45. The Hall–Kier alpha value is -2.73. The third-order valence-corrected chi connectivity index (χ3v) is 4.23. The van der Waals surface area contributed by atoms with Crippen LogP contribution in [0.15, 0.2) is 65.9 Å². The summed E-state index contributed by atoms with van der Waals surface area (Å²) in [7, 11) is 0. The Kier molecular flexibility index (Phi) is 4.31. The molecule has 2 aromatic rings. The number of alkyl halides is 1. The Labute approximate surface area is 143 Å². The second-order valence-corrected chi connectivity index (χ2v) is 5.64. The first kappa shape index (κ1) is 16.1. The number of carbonyl (C=O) groups is 2. The smallest absolute Gasteiger partial charge is 0.271 e. The molecule has 24 heavy (non-hydrogen) atoms. The minimum Gasteiger partial charge on any atom is -0.271 e.